The van der Waals surface area contributed by atoms with Crippen LogP contribution < -0.4 is 0 Å². The highest BCUT2D eigenvalue weighted by Gasteiger charge is 2.77. The largest absolute Gasteiger partial charge is 0.393 e. The highest BCUT2D eigenvalue weighted by atomic mass is 16.6. The lowest BCUT2D eigenvalue weighted by molar-refractivity contribution is -0.154. The Morgan fingerprint density at radius 1 is 0.964 bits per heavy atom. The van der Waals surface area contributed by atoms with Gasteiger partial charge in [-0.25, -0.2) is 0 Å². The molecule has 1 N–H and O–H groups in total. The van der Waals surface area contributed by atoms with E-state index in [1.807, 2.05) is 6.92 Å². The molecule has 5 saturated carbocycles. The van der Waals surface area contributed by atoms with E-state index in [1.54, 1.807) is 0 Å². The molecule has 1 spiro atoms. The van der Waals surface area contributed by atoms with E-state index in [2.05, 4.69) is 13.8 Å². The normalized spacial score (nSPS) is 62.0. The number of aliphatic hydroxyl groups excluding tert-OH is 1. The lowest BCUT2D eigenvalue weighted by atomic mass is 9.42. The molecule has 0 aromatic carbocycles. The molecule has 0 aromatic rings. The van der Waals surface area contributed by atoms with Crippen molar-refractivity contribution in [1.82, 2.24) is 0 Å². The number of hydrogen-bond donors (Lipinski definition) is 1. The molecule has 3 heteroatoms. The van der Waals surface area contributed by atoms with Crippen molar-refractivity contribution in [2.24, 2.45) is 39.9 Å². The first kappa shape index (κ1) is 18.4. The van der Waals surface area contributed by atoms with Gasteiger partial charge in [0, 0.05) is 17.3 Å². The number of carbonyl (C=O) groups excluding carboxylic acids is 1. The number of rotatable bonds is 1. The molecule has 0 amide bonds. The van der Waals surface area contributed by atoms with Gasteiger partial charge in [0.2, 0.25) is 0 Å². The van der Waals surface area contributed by atoms with Crippen molar-refractivity contribution in [1.29, 1.82) is 0 Å². The third-order valence-corrected chi connectivity index (χ3v) is 11.7. The SMILES string of the molecule is CC(=O)[C@]12CCCC[C@@H]1C[C@H]1[C@@H]3C[C@H]4O[C@]45C[C@@H](O)CC[C@]5(C)[C@H]3CC[C@@]12C. The summed E-state index contributed by atoms with van der Waals surface area (Å²) in [6.45, 7) is 6.93. The third-order valence-electron chi connectivity index (χ3n) is 11.7. The van der Waals surface area contributed by atoms with Gasteiger partial charge in [-0.2, -0.15) is 0 Å². The molecule has 0 bridgehead atoms. The average molecular weight is 387 g/mol. The average Bonchev–Trinajstić information content (AvgIpc) is 3.27. The first-order valence-corrected chi connectivity index (χ1v) is 12.2. The monoisotopic (exact) mass is 386 g/mol. The van der Waals surface area contributed by atoms with Crippen molar-refractivity contribution in [3.8, 4) is 0 Å². The van der Waals surface area contributed by atoms with E-state index in [4.69, 9.17) is 4.74 Å². The highest BCUT2D eigenvalue weighted by molar-refractivity contribution is 5.84. The Hall–Kier alpha value is -0.410. The number of ketones is 1. The van der Waals surface area contributed by atoms with Gasteiger partial charge in [-0.1, -0.05) is 26.7 Å². The minimum absolute atomic E-state index is 0.0246. The van der Waals surface area contributed by atoms with Gasteiger partial charge in [-0.05, 0) is 87.4 Å². The van der Waals surface area contributed by atoms with Crippen molar-refractivity contribution >= 4 is 5.78 Å². The van der Waals surface area contributed by atoms with E-state index in [0.717, 1.165) is 37.5 Å². The van der Waals surface area contributed by atoms with E-state index in [-0.39, 0.29) is 27.9 Å². The van der Waals surface area contributed by atoms with Crippen molar-refractivity contribution in [3.63, 3.8) is 0 Å². The van der Waals surface area contributed by atoms with E-state index in [1.165, 1.54) is 44.9 Å². The van der Waals surface area contributed by atoms with E-state index in [0.29, 0.717) is 23.7 Å². The first-order chi connectivity index (χ1) is 13.3. The summed E-state index contributed by atoms with van der Waals surface area (Å²) in [4.78, 5) is 13.2. The van der Waals surface area contributed by atoms with Gasteiger partial charge in [0.1, 0.15) is 11.4 Å². The predicted octanol–water partition coefficient (Wildman–Crippen LogP) is 4.90. The molecule has 1 heterocycles. The number of epoxide rings is 1. The molecular weight excluding hydrogens is 348 g/mol. The van der Waals surface area contributed by atoms with Crippen molar-refractivity contribution in [3.05, 3.63) is 0 Å². The summed E-state index contributed by atoms with van der Waals surface area (Å²) in [5.74, 6) is 3.27. The van der Waals surface area contributed by atoms with Gasteiger partial charge in [-0.3, -0.25) is 4.79 Å². The topological polar surface area (TPSA) is 49.8 Å². The van der Waals surface area contributed by atoms with Gasteiger partial charge in [-0.15, -0.1) is 0 Å². The maximum absolute atomic E-state index is 13.2. The zero-order valence-electron chi connectivity index (χ0n) is 18.0. The van der Waals surface area contributed by atoms with Gasteiger partial charge in [0.25, 0.3) is 0 Å². The fraction of sp³-hybridized carbons (Fsp3) is 0.960. The number of carbonyl (C=O) groups is 1. The van der Waals surface area contributed by atoms with Gasteiger partial charge >= 0.3 is 0 Å². The lowest BCUT2D eigenvalue weighted by Gasteiger charge is -2.61. The molecular formula is C25H38O3. The Balaban J connectivity index is 1.40. The number of Topliss-reactive ketones (excluding diaryl/α,β-unsaturated/α-hetero) is 1. The number of aliphatic hydroxyl groups is 1. The van der Waals surface area contributed by atoms with Gasteiger partial charge < -0.3 is 9.84 Å². The van der Waals surface area contributed by atoms with Crippen LogP contribution in [0.5, 0.6) is 0 Å². The molecule has 10 atom stereocenters. The molecule has 6 aliphatic rings. The molecule has 0 unspecified atom stereocenters. The Labute approximate surface area is 170 Å². The maximum atomic E-state index is 13.2. The molecule has 156 valence electrons. The second-order valence-corrected chi connectivity index (χ2v) is 12.1. The van der Waals surface area contributed by atoms with Crippen molar-refractivity contribution < 1.29 is 14.6 Å². The molecule has 1 aliphatic heterocycles. The predicted molar refractivity (Wildman–Crippen MR) is 108 cm³/mol. The van der Waals surface area contributed by atoms with E-state index in [9.17, 15) is 9.90 Å². The molecule has 6 fully saturated rings. The summed E-state index contributed by atoms with van der Waals surface area (Å²) in [6, 6.07) is 0. The minimum Gasteiger partial charge on any atom is -0.393 e. The summed E-state index contributed by atoms with van der Waals surface area (Å²) >= 11 is 0. The lowest BCUT2D eigenvalue weighted by Crippen LogP contribution is -2.60. The van der Waals surface area contributed by atoms with Crippen LogP contribution in [0.4, 0.5) is 0 Å². The molecule has 6 rings (SSSR count). The summed E-state index contributed by atoms with van der Waals surface area (Å²) in [5.41, 5.74) is 0.371. The van der Waals surface area contributed by atoms with Crippen LogP contribution in [0.25, 0.3) is 0 Å². The zero-order valence-corrected chi connectivity index (χ0v) is 18.0. The molecule has 1 saturated heterocycles. The standard InChI is InChI=1S/C25H38O3/c1-15(26)24-9-5-4-6-16(24)12-20-18-13-21-25(28-21)14-17(27)7-10-23(25,3)19(18)8-11-22(20,24)2/h16-21,27H,4-14H2,1-3H3/t16-,17+,18-,19+,20+,21-,22+,23-,24-,25-/m1/s1. The van der Waals surface area contributed by atoms with Crippen LogP contribution in [0.1, 0.15) is 91.4 Å². The fourth-order valence-corrected chi connectivity index (χ4v) is 10.5. The first-order valence-electron chi connectivity index (χ1n) is 12.2. The second kappa shape index (κ2) is 5.44. The molecule has 5 aliphatic carbocycles. The molecule has 28 heavy (non-hydrogen) atoms. The van der Waals surface area contributed by atoms with Crippen LogP contribution >= 0.6 is 0 Å². The number of hydrogen-bond acceptors (Lipinski definition) is 3. The molecule has 0 radical (unpaired) electrons. The Bertz CT molecular complexity index is 719. The van der Waals surface area contributed by atoms with Crippen LogP contribution in [0.15, 0.2) is 0 Å². The highest BCUT2D eigenvalue weighted by Crippen LogP contribution is 2.77. The Morgan fingerprint density at radius 2 is 1.75 bits per heavy atom. The zero-order chi connectivity index (χ0) is 19.5. The van der Waals surface area contributed by atoms with E-state index >= 15 is 0 Å². The molecule has 3 nitrogen and oxygen atoms in total. The van der Waals surface area contributed by atoms with Crippen LogP contribution in [0, 0.1) is 39.9 Å². The van der Waals surface area contributed by atoms with E-state index < -0.39 is 0 Å². The quantitative estimate of drug-likeness (QED) is 0.652. The maximum Gasteiger partial charge on any atom is 0.136 e. The smallest absolute Gasteiger partial charge is 0.136 e. The van der Waals surface area contributed by atoms with Gasteiger partial charge in [0.15, 0.2) is 0 Å². The van der Waals surface area contributed by atoms with Crippen LogP contribution in [0.2, 0.25) is 0 Å². The van der Waals surface area contributed by atoms with Crippen LogP contribution in [-0.4, -0.2) is 28.7 Å². The minimum atomic E-state index is -0.168. The van der Waals surface area contributed by atoms with Crippen LogP contribution in [0.3, 0.4) is 0 Å². The third kappa shape index (κ3) is 1.84. The number of fused-ring (bicyclic) bond motifs is 6. The van der Waals surface area contributed by atoms with Crippen molar-refractivity contribution in [2.45, 2.75) is 109 Å². The summed E-state index contributed by atoms with van der Waals surface area (Å²) < 4.78 is 6.48. The molecule has 0 aromatic heterocycles. The number of ether oxygens (including phenoxy) is 1. The summed E-state index contributed by atoms with van der Waals surface area (Å²) in [7, 11) is 0. The van der Waals surface area contributed by atoms with Crippen LogP contribution in [-0.2, 0) is 9.53 Å². The van der Waals surface area contributed by atoms with Gasteiger partial charge in [0.05, 0.1) is 12.2 Å². The Kier molecular flexibility index (Phi) is 3.57. The Morgan fingerprint density at radius 3 is 2.54 bits per heavy atom. The summed E-state index contributed by atoms with van der Waals surface area (Å²) in [6.07, 6.45) is 13.1. The van der Waals surface area contributed by atoms with Crippen molar-refractivity contribution in [2.75, 3.05) is 0 Å². The summed E-state index contributed by atoms with van der Waals surface area (Å²) in [5, 5.41) is 10.4. The second-order valence-electron chi connectivity index (χ2n) is 12.1. The fourth-order valence-electron chi connectivity index (χ4n) is 10.5.